The van der Waals surface area contributed by atoms with E-state index in [4.69, 9.17) is 22.9 Å². The van der Waals surface area contributed by atoms with Crippen LogP contribution in [0.5, 0.6) is 0 Å². The van der Waals surface area contributed by atoms with Gasteiger partial charge in [-0.05, 0) is 91.4 Å². The zero-order chi connectivity index (χ0) is 36.1. The van der Waals surface area contributed by atoms with Gasteiger partial charge in [0.25, 0.3) is 0 Å². The van der Waals surface area contributed by atoms with Gasteiger partial charge >= 0.3 is 59.1 Å². The van der Waals surface area contributed by atoms with E-state index in [0.717, 1.165) is 24.3 Å². The molecule has 0 saturated heterocycles. The van der Waals surface area contributed by atoms with E-state index in [0.29, 0.717) is 40.6 Å². The van der Waals surface area contributed by atoms with E-state index >= 15 is 0 Å². The molecule has 0 spiro atoms. The van der Waals surface area contributed by atoms with Gasteiger partial charge in [-0.15, -0.1) is 15.3 Å². The normalized spacial score (nSPS) is 15.1. The predicted molar refractivity (Wildman–Crippen MR) is 181 cm³/mol. The molecule has 1 atom stereocenters. The molecule has 5 rings (SSSR count). The molecule has 0 heterocycles. The monoisotopic (exact) mass is 760 g/mol. The molecule has 1 aliphatic carbocycles. The van der Waals surface area contributed by atoms with Crippen LogP contribution in [-0.2, 0) is 20.2 Å². The van der Waals surface area contributed by atoms with Crippen molar-refractivity contribution in [3.8, 4) is 0 Å². The Hall–Kier alpha value is -4.22. The molecule has 0 radical (unpaired) electrons. The van der Waals surface area contributed by atoms with E-state index in [1.165, 1.54) is 42.5 Å². The number of hydrogen-bond acceptors (Lipinski definition) is 18. The average Bonchev–Trinajstić information content (AvgIpc) is 3.06. The molecule has 4 aromatic carbocycles. The summed E-state index contributed by atoms with van der Waals surface area (Å²) in [5.41, 5.74) is 27.8. The standard InChI is InChI=1S/C30H28N12O6S2.2Na/c31-23-13-19(5-11-27(23)39-35-17-1-7-21(8-2-17)49(43,44)45)37-41-29-16-30(26(34)15-25(29)33)42-38-20-6-12-28(24(32)14-20)40-36-18-3-9-22(10-4-18)50(46,47)48;;/h1-11,13-16,28H,12,31-34H2,(H,43,44,45)(H,46,47,48);;/q;2*+1/p-2. The van der Waals surface area contributed by atoms with E-state index in [1.807, 2.05) is 0 Å². The summed E-state index contributed by atoms with van der Waals surface area (Å²) in [6.45, 7) is 0. The second-order valence-corrected chi connectivity index (χ2v) is 13.2. The molecule has 0 fully saturated rings. The van der Waals surface area contributed by atoms with E-state index in [1.54, 1.807) is 24.3 Å². The van der Waals surface area contributed by atoms with Crippen LogP contribution in [0, 0.1) is 0 Å². The van der Waals surface area contributed by atoms with Crippen molar-refractivity contribution in [3.05, 3.63) is 102 Å². The number of nitrogen functional groups attached to an aromatic ring is 3. The Bertz CT molecular complexity index is 2350. The predicted octanol–water partition coefficient (Wildman–Crippen LogP) is 0.447. The smallest absolute Gasteiger partial charge is 0.744 e. The van der Waals surface area contributed by atoms with Gasteiger partial charge in [0, 0.05) is 5.70 Å². The number of anilines is 3. The SMILES string of the molecule is NC1=CC(N=Nc2cc(N=Nc3ccc(N=Nc4ccc(S(=O)(=O)[O-])cc4)c(N)c3)c(N)cc2N)=CCC1N=Nc1ccc(S(=O)(=O)[O-])cc1.[Na+].[Na+]. The number of benzene rings is 4. The molecule has 0 aliphatic heterocycles. The maximum atomic E-state index is 11.1. The molecular weight excluding hydrogens is 735 g/mol. The summed E-state index contributed by atoms with van der Waals surface area (Å²) in [7, 11) is -9.13. The van der Waals surface area contributed by atoms with Gasteiger partial charge in [0.15, 0.2) is 0 Å². The molecular formula is C30H26N12Na2O6S2. The maximum absolute atomic E-state index is 11.1. The van der Waals surface area contributed by atoms with Crippen molar-refractivity contribution < 1.29 is 85.1 Å². The number of allylic oxidation sites excluding steroid dienone is 1. The molecule has 0 saturated carbocycles. The fourth-order valence-corrected chi connectivity index (χ4v) is 5.13. The third-order valence-electron chi connectivity index (χ3n) is 6.82. The summed E-state index contributed by atoms with van der Waals surface area (Å²) in [5.74, 6) is 0. The van der Waals surface area contributed by atoms with Gasteiger partial charge in [-0.3, -0.25) is 0 Å². The second-order valence-electron chi connectivity index (χ2n) is 10.4. The first kappa shape index (κ1) is 42.2. The first-order chi connectivity index (χ1) is 23.7. The van der Waals surface area contributed by atoms with E-state index in [9.17, 15) is 25.9 Å². The third kappa shape index (κ3) is 11.4. The summed E-state index contributed by atoms with van der Waals surface area (Å²) < 4.78 is 66.5. The van der Waals surface area contributed by atoms with E-state index < -0.39 is 26.3 Å². The fourth-order valence-electron chi connectivity index (χ4n) is 4.19. The largest absolute Gasteiger partial charge is 1.00 e. The van der Waals surface area contributed by atoms with E-state index in [-0.39, 0.29) is 97.3 Å². The number of rotatable bonds is 10. The van der Waals surface area contributed by atoms with Crippen LogP contribution in [0.3, 0.4) is 0 Å². The Balaban J connectivity index is 0.00000364. The molecule has 52 heavy (non-hydrogen) atoms. The summed E-state index contributed by atoms with van der Waals surface area (Å²) in [5, 5.41) is 33.1. The Morgan fingerprint density at radius 2 is 1.00 bits per heavy atom. The minimum atomic E-state index is -4.57. The molecule has 256 valence electrons. The summed E-state index contributed by atoms with van der Waals surface area (Å²) >= 11 is 0. The van der Waals surface area contributed by atoms with Crippen LogP contribution in [0.2, 0.25) is 0 Å². The zero-order valence-electron chi connectivity index (χ0n) is 27.6. The van der Waals surface area contributed by atoms with Gasteiger partial charge in [0.05, 0.1) is 49.6 Å². The van der Waals surface area contributed by atoms with Crippen molar-refractivity contribution in [2.45, 2.75) is 22.3 Å². The molecule has 8 N–H and O–H groups in total. The van der Waals surface area contributed by atoms with Crippen LogP contribution < -0.4 is 82.0 Å². The Morgan fingerprint density at radius 1 is 0.538 bits per heavy atom. The van der Waals surface area contributed by atoms with Crippen LogP contribution in [0.25, 0.3) is 0 Å². The second kappa shape index (κ2) is 18.0. The molecule has 22 heteroatoms. The Kier molecular flexibility index (Phi) is 14.6. The minimum Gasteiger partial charge on any atom is -0.744 e. The van der Waals surface area contributed by atoms with Gasteiger partial charge in [0.1, 0.15) is 43.3 Å². The molecule has 1 aliphatic rings. The summed E-state index contributed by atoms with van der Waals surface area (Å²) in [6.07, 6.45) is 3.67. The third-order valence-corrected chi connectivity index (χ3v) is 8.52. The van der Waals surface area contributed by atoms with Crippen molar-refractivity contribution in [2.24, 2.45) is 46.6 Å². The van der Waals surface area contributed by atoms with Crippen molar-refractivity contribution in [1.82, 2.24) is 0 Å². The van der Waals surface area contributed by atoms with Gasteiger partial charge in [-0.1, -0.05) is 6.08 Å². The van der Waals surface area contributed by atoms with Crippen LogP contribution in [0.4, 0.5) is 51.2 Å². The molecule has 0 bridgehead atoms. The van der Waals surface area contributed by atoms with Crippen LogP contribution >= 0.6 is 0 Å². The maximum Gasteiger partial charge on any atom is 1.00 e. The molecule has 0 aromatic heterocycles. The van der Waals surface area contributed by atoms with Crippen LogP contribution in [0.1, 0.15) is 6.42 Å². The van der Waals surface area contributed by atoms with Gasteiger partial charge in [-0.2, -0.15) is 25.6 Å². The summed E-state index contributed by atoms with van der Waals surface area (Å²) in [4.78, 5) is -0.748. The topological polar surface area (TPSA) is 317 Å². The number of azo groups is 4. The molecule has 1 unspecified atom stereocenters. The van der Waals surface area contributed by atoms with Gasteiger partial charge in [0.2, 0.25) is 0 Å². The minimum absolute atomic E-state index is 0. The number of nitrogens with two attached hydrogens (primary N) is 4. The fraction of sp³-hybridized carbons (Fsp3) is 0.0667. The Morgan fingerprint density at radius 3 is 1.52 bits per heavy atom. The Labute approximate surface area is 342 Å². The van der Waals surface area contributed by atoms with E-state index in [2.05, 4.69) is 40.9 Å². The van der Waals surface area contributed by atoms with Crippen molar-refractivity contribution >= 4 is 71.4 Å². The first-order valence-corrected chi connectivity index (χ1v) is 17.0. The molecule has 4 aromatic rings. The number of nitrogens with zero attached hydrogens (tertiary/aromatic N) is 8. The van der Waals surface area contributed by atoms with Gasteiger partial charge < -0.3 is 32.0 Å². The number of hydrogen-bond donors (Lipinski definition) is 4. The molecule has 18 nitrogen and oxygen atoms in total. The van der Waals surface area contributed by atoms with Crippen LogP contribution in [0.15, 0.2) is 153 Å². The quantitative estimate of drug-likeness (QED) is 0.0748. The van der Waals surface area contributed by atoms with Crippen molar-refractivity contribution in [1.29, 1.82) is 0 Å². The van der Waals surface area contributed by atoms with Crippen LogP contribution in [-0.4, -0.2) is 32.0 Å². The molecule has 0 amide bonds. The average molecular weight is 761 g/mol. The van der Waals surface area contributed by atoms with Crippen molar-refractivity contribution in [3.63, 3.8) is 0 Å². The first-order valence-electron chi connectivity index (χ1n) is 14.2. The zero-order valence-corrected chi connectivity index (χ0v) is 33.2. The summed E-state index contributed by atoms with van der Waals surface area (Å²) in [6, 6.07) is 17.1. The van der Waals surface area contributed by atoms with Gasteiger partial charge in [-0.25, -0.2) is 16.8 Å². The van der Waals surface area contributed by atoms with Crippen molar-refractivity contribution in [2.75, 3.05) is 17.2 Å².